The minimum atomic E-state index is -0.135. The van der Waals surface area contributed by atoms with Gasteiger partial charge >= 0.3 is 21.4 Å². The van der Waals surface area contributed by atoms with E-state index >= 15 is 0 Å². The van der Waals surface area contributed by atoms with Crippen molar-refractivity contribution in [2.45, 2.75) is 116 Å². The molecule has 2 aromatic carbocycles. The van der Waals surface area contributed by atoms with Gasteiger partial charge in [-0.3, -0.25) is 18.7 Å². The molecule has 0 aliphatic carbocycles. The SMILES string of the molecule is CB1OB(C)OB(C)O1.CC(C)(C)c1ccc(-c2nc3n(c(=O)c2Br)CCCS3)cc1.Cc1c(-c2ccc(C(C)(C)C)cc2)nc2n(c1=O)CCCS2. The molecule has 280 valence electrons. The molecule has 7 rings (SSSR count). The van der Waals surface area contributed by atoms with Crippen LogP contribution in [0, 0.1) is 6.92 Å². The fourth-order valence-electron chi connectivity index (χ4n) is 6.16. The van der Waals surface area contributed by atoms with Crippen LogP contribution in [0.4, 0.5) is 0 Å². The van der Waals surface area contributed by atoms with Crippen molar-refractivity contribution in [3.05, 3.63) is 90.4 Å². The average Bonchev–Trinajstić information content (AvgIpc) is 3.11. The van der Waals surface area contributed by atoms with Crippen molar-refractivity contribution in [1.82, 2.24) is 19.1 Å². The normalized spacial score (nSPS) is 15.8. The first-order chi connectivity index (χ1) is 24.9. The summed E-state index contributed by atoms with van der Waals surface area (Å²) < 4.78 is 19.5. The number of thioether (sulfide) groups is 2. The lowest BCUT2D eigenvalue weighted by Crippen LogP contribution is -2.44. The van der Waals surface area contributed by atoms with Gasteiger partial charge in [0.05, 0.1) is 11.4 Å². The second-order valence-corrected chi connectivity index (χ2v) is 18.4. The van der Waals surface area contributed by atoms with Crippen LogP contribution < -0.4 is 11.1 Å². The molecule has 15 heteroatoms. The van der Waals surface area contributed by atoms with Crippen molar-refractivity contribution in [2.24, 2.45) is 0 Å². The Bertz CT molecular complexity index is 1860. The summed E-state index contributed by atoms with van der Waals surface area (Å²) in [6.45, 7) is 22.2. The van der Waals surface area contributed by atoms with Crippen LogP contribution >= 0.6 is 39.5 Å². The molecule has 5 heterocycles. The zero-order chi connectivity index (χ0) is 38.7. The third-order valence-corrected chi connectivity index (χ3v) is 12.0. The van der Waals surface area contributed by atoms with Crippen molar-refractivity contribution in [2.75, 3.05) is 11.5 Å². The lowest BCUT2D eigenvalue weighted by molar-refractivity contribution is 0.294. The van der Waals surface area contributed by atoms with Gasteiger partial charge < -0.3 is 13.7 Å². The van der Waals surface area contributed by atoms with Crippen molar-refractivity contribution in [1.29, 1.82) is 0 Å². The Labute approximate surface area is 332 Å². The Balaban J connectivity index is 0.000000167. The molecule has 0 atom stereocenters. The molecule has 2 aromatic heterocycles. The molecule has 0 spiro atoms. The number of halogens is 1. The zero-order valence-electron chi connectivity index (χ0n) is 32.6. The standard InChI is InChI=1S/C18H22N2OS.C17H19BrN2OS.C3H9B3O3/c1-12-15(13-6-8-14(9-7-13)18(2,3)4)19-17-20(16(12)21)10-5-11-22-17;1-17(2,3)12-7-5-11(6-8-12)14-13(18)15(21)20-9-4-10-22-16(20)19-14;1-4-7-5(2)9-6(3)8-4/h6-9H,5,10-11H2,1-4H3;5-8H,4,9-10H2,1-3H3;1-3H3. The first kappa shape index (κ1) is 41.6. The summed E-state index contributed by atoms with van der Waals surface area (Å²) in [5, 5.41) is 1.69. The molecule has 0 unspecified atom stereocenters. The first-order valence-electron chi connectivity index (χ1n) is 18.3. The van der Waals surface area contributed by atoms with Crippen molar-refractivity contribution < 1.29 is 13.7 Å². The predicted octanol–water partition coefficient (Wildman–Crippen LogP) is 8.88. The maximum absolute atomic E-state index is 12.5. The number of fused-ring (bicyclic) bond motifs is 2. The molecule has 1 saturated heterocycles. The van der Waals surface area contributed by atoms with E-state index in [9.17, 15) is 9.59 Å². The van der Waals surface area contributed by atoms with E-state index in [1.807, 2.05) is 32.0 Å². The largest absolute Gasteiger partial charge is 0.453 e. The summed E-state index contributed by atoms with van der Waals surface area (Å²) in [6, 6.07) is 16.8. The molecule has 9 nitrogen and oxygen atoms in total. The van der Waals surface area contributed by atoms with E-state index in [0.717, 1.165) is 75.8 Å². The number of hydrogen-bond acceptors (Lipinski definition) is 9. The van der Waals surface area contributed by atoms with Crippen molar-refractivity contribution in [3.63, 3.8) is 0 Å². The minimum absolute atomic E-state index is 0.0205. The Morgan fingerprint density at radius 3 is 1.43 bits per heavy atom. The third kappa shape index (κ3) is 10.4. The van der Waals surface area contributed by atoms with Gasteiger partial charge in [-0.2, -0.15) is 0 Å². The molecule has 0 amide bonds. The van der Waals surface area contributed by atoms with E-state index < -0.39 is 0 Å². The molecule has 0 bridgehead atoms. The van der Waals surface area contributed by atoms with Crippen molar-refractivity contribution in [3.8, 4) is 22.5 Å². The molecular formula is C38H50B3BrN4O5S2. The molecular weight excluding hydrogens is 769 g/mol. The zero-order valence-corrected chi connectivity index (χ0v) is 35.8. The predicted molar refractivity (Wildman–Crippen MR) is 226 cm³/mol. The molecule has 0 radical (unpaired) electrons. The summed E-state index contributed by atoms with van der Waals surface area (Å²) >= 11 is 6.79. The number of aromatic nitrogens is 4. The highest BCUT2D eigenvalue weighted by Gasteiger charge is 2.31. The van der Waals surface area contributed by atoms with E-state index in [4.69, 9.17) is 23.7 Å². The lowest BCUT2D eigenvalue weighted by Gasteiger charge is -2.25. The summed E-state index contributed by atoms with van der Waals surface area (Å²) in [5.74, 6) is 2.06. The quantitative estimate of drug-likeness (QED) is 0.145. The number of hydrogen-bond donors (Lipinski definition) is 0. The minimum Gasteiger partial charge on any atom is -0.453 e. The summed E-state index contributed by atoms with van der Waals surface area (Å²) in [6.07, 6.45) is 2.06. The van der Waals surface area contributed by atoms with Gasteiger partial charge in [-0.15, -0.1) is 0 Å². The monoisotopic (exact) mass is 818 g/mol. The average molecular weight is 819 g/mol. The summed E-state index contributed by atoms with van der Waals surface area (Å²) in [5.41, 5.74) is 7.25. The van der Waals surface area contributed by atoms with Gasteiger partial charge in [0.2, 0.25) is 0 Å². The summed E-state index contributed by atoms with van der Waals surface area (Å²) in [4.78, 5) is 34.5. The second kappa shape index (κ2) is 17.5. The maximum Gasteiger partial charge on any atom is 0.426 e. The van der Waals surface area contributed by atoms with E-state index in [0.29, 0.717) is 4.47 Å². The Hall–Kier alpha value is -2.55. The Kier molecular flexibility index (Phi) is 13.7. The van der Waals surface area contributed by atoms with Crippen molar-refractivity contribution >= 4 is 60.8 Å². The van der Waals surface area contributed by atoms with Gasteiger partial charge in [0.1, 0.15) is 4.47 Å². The van der Waals surface area contributed by atoms with E-state index in [-0.39, 0.29) is 43.3 Å². The fourth-order valence-corrected chi connectivity index (χ4v) is 8.58. The highest BCUT2D eigenvalue weighted by Crippen LogP contribution is 2.32. The Morgan fingerprint density at radius 1 is 0.642 bits per heavy atom. The molecule has 3 aliphatic rings. The van der Waals surface area contributed by atoms with Crippen LogP contribution in [0.5, 0.6) is 0 Å². The van der Waals surface area contributed by atoms with Crippen LogP contribution in [0.2, 0.25) is 20.5 Å². The van der Waals surface area contributed by atoms with Crippen LogP contribution in [0.15, 0.2) is 72.9 Å². The number of benzene rings is 2. The van der Waals surface area contributed by atoms with E-state index in [2.05, 4.69) is 106 Å². The smallest absolute Gasteiger partial charge is 0.426 e. The van der Waals surface area contributed by atoms with Crippen LogP contribution in [0.25, 0.3) is 22.5 Å². The third-order valence-electron chi connectivity index (χ3n) is 9.15. The molecule has 1 fully saturated rings. The molecule has 4 aromatic rings. The second-order valence-electron chi connectivity index (χ2n) is 15.5. The summed E-state index contributed by atoms with van der Waals surface area (Å²) in [7, 11) is -0.406. The molecule has 53 heavy (non-hydrogen) atoms. The molecule has 0 N–H and O–H groups in total. The number of nitrogens with zero attached hydrogens (tertiary/aromatic N) is 4. The van der Waals surface area contributed by atoms with Gasteiger partial charge in [-0.25, -0.2) is 9.97 Å². The van der Waals surface area contributed by atoms with E-state index in [1.54, 1.807) is 28.1 Å². The lowest BCUT2D eigenvalue weighted by atomic mass is 9.74. The highest BCUT2D eigenvalue weighted by atomic mass is 79.9. The molecule has 0 saturated carbocycles. The highest BCUT2D eigenvalue weighted by molar-refractivity contribution is 9.10. The fraction of sp³-hybridized carbons (Fsp3) is 0.474. The van der Waals surface area contributed by atoms with Gasteiger partial charge in [0, 0.05) is 41.3 Å². The van der Waals surface area contributed by atoms with Crippen LogP contribution in [0.3, 0.4) is 0 Å². The van der Waals surface area contributed by atoms with Gasteiger partial charge in [0.25, 0.3) is 11.1 Å². The van der Waals surface area contributed by atoms with Crippen LogP contribution in [-0.4, -0.2) is 52.0 Å². The Morgan fingerprint density at radius 2 is 1.02 bits per heavy atom. The van der Waals surface area contributed by atoms with E-state index in [1.165, 1.54) is 11.1 Å². The number of rotatable bonds is 2. The van der Waals surface area contributed by atoms with Gasteiger partial charge in [0.15, 0.2) is 10.3 Å². The first-order valence-corrected chi connectivity index (χ1v) is 21.1. The topological polar surface area (TPSA) is 97.5 Å². The molecule has 3 aliphatic heterocycles. The maximum atomic E-state index is 12.5. The van der Waals surface area contributed by atoms with Crippen LogP contribution in [0.1, 0.15) is 71.1 Å². The van der Waals surface area contributed by atoms with Gasteiger partial charge in [-0.1, -0.05) is 114 Å². The van der Waals surface area contributed by atoms with Crippen LogP contribution in [-0.2, 0) is 37.6 Å². The van der Waals surface area contributed by atoms with Gasteiger partial charge in [-0.05, 0) is 78.1 Å².